The number of ketones is 4. The second kappa shape index (κ2) is 9.87. The summed E-state index contributed by atoms with van der Waals surface area (Å²) in [5.41, 5.74) is 0.565. The van der Waals surface area contributed by atoms with Crippen LogP contribution in [0.3, 0.4) is 0 Å². The quantitative estimate of drug-likeness (QED) is 0.547. The van der Waals surface area contributed by atoms with Gasteiger partial charge < -0.3 is 15.4 Å². The first kappa shape index (κ1) is 25.2. The summed E-state index contributed by atoms with van der Waals surface area (Å²) in [6.45, 7) is 0. The number of amides is 2. The molecular formula is C30H28N2O7. The van der Waals surface area contributed by atoms with Gasteiger partial charge in [0.05, 0.1) is 0 Å². The van der Waals surface area contributed by atoms with Crippen LogP contribution in [-0.2, 0) is 9.59 Å². The van der Waals surface area contributed by atoms with Crippen molar-refractivity contribution in [3.05, 3.63) is 58.7 Å². The highest BCUT2D eigenvalue weighted by Crippen LogP contribution is 2.35. The monoisotopic (exact) mass is 528 g/mol. The number of hydrogen-bond donors (Lipinski definition) is 2. The van der Waals surface area contributed by atoms with Crippen LogP contribution in [0.1, 0.15) is 92.8 Å². The molecule has 4 aliphatic rings. The molecule has 0 radical (unpaired) electrons. The third kappa shape index (κ3) is 4.45. The highest BCUT2D eigenvalue weighted by atomic mass is 16.5. The van der Waals surface area contributed by atoms with Crippen LogP contribution < -0.4 is 15.4 Å². The van der Waals surface area contributed by atoms with E-state index in [1.165, 1.54) is 36.4 Å². The number of nitrogens with one attached hydrogen (secondary N) is 2. The summed E-state index contributed by atoms with van der Waals surface area (Å²) in [5.74, 6) is -5.64. The van der Waals surface area contributed by atoms with E-state index in [1.807, 2.05) is 0 Å². The van der Waals surface area contributed by atoms with Crippen LogP contribution in [0.15, 0.2) is 36.4 Å². The third-order valence-corrected chi connectivity index (χ3v) is 8.26. The molecule has 2 atom stereocenters. The highest BCUT2D eigenvalue weighted by molar-refractivity contribution is 6.36. The molecule has 4 aliphatic carbocycles. The van der Waals surface area contributed by atoms with E-state index in [0.717, 1.165) is 51.4 Å². The van der Waals surface area contributed by atoms with Gasteiger partial charge in [0, 0.05) is 34.3 Å². The van der Waals surface area contributed by atoms with E-state index in [1.54, 1.807) is 0 Å². The minimum atomic E-state index is -1.40. The average molecular weight is 529 g/mol. The molecule has 9 heteroatoms. The Morgan fingerprint density at radius 1 is 0.564 bits per heavy atom. The zero-order valence-electron chi connectivity index (χ0n) is 21.3. The van der Waals surface area contributed by atoms with Crippen molar-refractivity contribution < 1.29 is 33.5 Å². The molecule has 0 aromatic heterocycles. The number of rotatable bonds is 6. The van der Waals surface area contributed by atoms with E-state index in [-0.39, 0.29) is 45.8 Å². The van der Waals surface area contributed by atoms with Gasteiger partial charge in [-0.15, -0.1) is 0 Å². The Morgan fingerprint density at radius 3 is 1.31 bits per heavy atom. The summed E-state index contributed by atoms with van der Waals surface area (Å²) in [5, 5.41) is 5.67. The van der Waals surface area contributed by atoms with Crippen LogP contribution >= 0.6 is 0 Å². The molecular weight excluding hydrogens is 500 g/mol. The van der Waals surface area contributed by atoms with E-state index in [2.05, 4.69) is 10.6 Å². The minimum Gasteiger partial charge on any atom is -0.457 e. The highest BCUT2D eigenvalue weighted by Gasteiger charge is 2.45. The van der Waals surface area contributed by atoms with Crippen molar-refractivity contribution in [2.45, 2.75) is 63.5 Å². The second-order valence-corrected chi connectivity index (χ2v) is 10.8. The topological polar surface area (TPSA) is 136 Å². The number of fused-ring (bicyclic) bond motifs is 2. The predicted octanol–water partition coefficient (Wildman–Crippen LogP) is 3.59. The van der Waals surface area contributed by atoms with Crippen LogP contribution in [0, 0.1) is 11.8 Å². The van der Waals surface area contributed by atoms with Crippen LogP contribution in [0.25, 0.3) is 0 Å². The Labute approximate surface area is 224 Å². The number of Topliss-reactive ketones (excluding diaryl/α,β-unsaturated/α-hetero) is 4. The minimum absolute atomic E-state index is 0.0107. The number of hydrogen-bond acceptors (Lipinski definition) is 7. The van der Waals surface area contributed by atoms with Crippen molar-refractivity contribution in [3.8, 4) is 11.5 Å². The van der Waals surface area contributed by atoms with E-state index >= 15 is 0 Å². The largest absolute Gasteiger partial charge is 0.457 e. The van der Waals surface area contributed by atoms with Crippen molar-refractivity contribution in [1.82, 2.24) is 10.6 Å². The number of ether oxygens (including phenoxy) is 1. The maximum Gasteiger partial charge on any atom is 0.239 e. The molecule has 0 aliphatic heterocycles. The number of carbonyl (C=O) groups excluding carboxylic acids is 6. The van der Waals surface area contributed by atoms with Crippen LogP contribution in [0.4, 0.5) is 0 Å². The average Bonchev–Trinajstić information content (AvgIpc) is 3.70. The molecule has 0 spiro atoms. The van der Waals surface area contributed by atoms with Gasteiger partial charge in [0.25, 0.3) is 0 Å². The first-order valence-electron chi connectivity index (χ1n) is 13.6. The smallest absolute Gasteiger partial charge is 0.239 e. The molecule has 0 saturated heterocycles. The van der Waals surface area contributed by atoms with Gasteiger partial charge >= 0.3 is 0 Å². The van der Waals surface area contributed by atoms with Crippen LogP contribution in [0.5, 0.6) is 11.5 Å². The van der Waals surface area contributed by atoms with Gasteiger partial charge in [-0.2, -0.15) is 0 Å². The molecule has 2 N–H and O–H groups in total. The summed E-state index contributed by atoms with van der Waals surface area (Å²) < 4.78 is 5.87. The SMILES string of the molecule is O=C(NC1CCCC1)C1C(=O)c2ccc(Oc3ccc4c(c3)C(=O)C(C(=O)NC3CCCC3)C4=O)cc2C1=O. The Bertz CT molecular complexity index is 1330. The zero-order valence-corrected chi connectivity index (χ0v) is 21.3. The van der Waals surface area contributed by atoms with Gasteiger partial charge in [-0.25, -0.2) is 0 Å². The summed E-state index contributed by atoms with van der Waals surface area (Å²) in [7, 11) is 0. The fraction of sp³-hybridized carbons (Fsp3) is 0.400. The maximum absolute atomic E-state index is 13.0. The van der Waals surface area contributed by atoms with Crippen molar-refractivity contribution in [1.29, 1.82) is 0 Å². The van der Waals surface area contributed by atoms with Crippen molar-refractivity contribution >= 4 is 34.9 Å². The molecule has 2 saturated carbocycles. The van der Waals surface area contributed by atoms with Crippen molar-refractivity contribution in [2.75, 3.05) is 0 Å². The lowest BCUT2D eigenvalue weighted by Crippen LogP contribution is -2.41. The Kier molecular flexibility index (Phi) is 6.37. The van der Waals surface area contributed by atoms with Gasteiger partial charge in [-0.3, -0.25) is 28.8 Å². The maximum atomic E-state index is 13.0. The van der Waals surface area contributed by atoms with Crippen molar-refractivity contribution in [2.24, 2.45) is 11.8 Å². The molecule has 0 bridgehead atoms. The van der Waals surface area contributed by atoms with Gasteiger partial charge in [0.15, 0.2) is 35.0 Å². The molecule has 200 valence electrons. The van der Waals surface area contributed by atoms with E-state index in [0.29, 0.717) is 0 Å². The Hall–Kier alpha value is -4.14. The third-order valence-electron chi connectivity index (χ3n) is 8.26. The normalized spacial score (nSPS) is 22.8. The first-order valence-corrected chi connectivity index (χ1v) is 13.6. The van der Waals surface area contributed by atoms with E-state index < -0.39 is 46.8 Å². The number of carbonyl (C=O) groups is 6. The van der Waals surface area contributed by atoms with Gasteiger partial charge in [-0.05, 0) is 62.1 Å². The lowest BCUT2D eigenvalue weighted by molar-refractivity contribution is -0.124. The number of benzene rings is 2. The van der Waals surface area contributed by atoms with Gasteiger partial charge in [0.1, 0.15) is 11.5 Å². The molecule has 2 aromatic rings. The fourth-order valence-electron chi connectivity index (χ4n) is 6.19. The van der Waals surface area contributed by atoms with Crippen LogP contribution in [-0.4, -0.2) is 47.0 Å². The van der Waals surface area contributed by atoms with E-state index in [9.17, 15) is 28.8 Å². The molecule has 2 aromatic carbocycles. The molecule has 9 nitrogen and oxygen atoms in total. The van der Waals surface area contributed by atoms with Crippen molar-refractivity contribution in [3.63, 3.8) is 0 Å². The van der Waals surface area contributed by atoms with E-state index in [4.69, 9.17) is 4.74 Å². The molecule has 39 heavy (non-hydrogen) atoms. The lowest BCUT2D eigenvalue weighted by Gasteiger charge is -2.14. The second-order valence-electron chi connectivity index (χ2n) is 10.8. The molecule has 2 fully saturated rings. The summed E-state index contributed by atoms with van der Waals surface area (Å²) in [4.78, 5) is 77.2. The summed E-state index contributed by atoms with van der Waals surface area (Å²) in [6.07, 6.45) is 7.40. The zero-order chi connectivity index (χ0) is 27.3. The van der Waals surface area contributed by atoms with Gasteiger partial charge in [0.2, 0.25) is 11.8 Å². The van der Waals surface area contributed by atoms with Crippen LogP contribution in [0.2, 0.25) is 0 Å². The molecule has 2 unspecified atom stereocenters. The standard InChI is InChI=1S/C30H28N2O7/c33-25-19-11-9-17(13-21(19)27(35)23(25)29(37)31-15-5-1-2-6-15)39-18-10-12-20-22(14-18)28(36)24(26(20)34)30(38)32-16-7-3-4-8-16/h9-16,23-24H,1-8H2,(H,31,37)(H,32,38). The molecule has 6 rings (SSSR count). The molecule has 0 heterocycles. The summed E-state index contributed by atoms with van der Waals surface area (Å²) in [6, 6.07) is 8.75. The predicted molar refractivity (Wildman–Crippen MR) is 138 cm³/mol. The first-order chi connectivity index (χ1) is 18.8. The fourth-order valence-corrected chi connectivity index (χ4v) is 6.19. The van der Waals surface area contributed by atoms with Gasteiger partial charge in [-0.1, -0.05) is 25.7 Å². The summed E-state index contributed by atoms with van der Waals surface area (Å²) >= 11 is 0. The molecule has 2 amide bonds. The Balaban J connectivity index is 1.17. The Morgan fingerprint density at radius 2 is 0.923 bits per heavy atom. The lowest BCUT2D eigenvalue weighted by atomic mass is 10.0.